The average Bonchev–Trinajstić information content (AvgIpc) is 2.96. The highest BCUT2D eigenvalue weighted by Crippen LogP contribution is 2.44. The molecule has 0 spiro atoms. The van der Waals surface area contributed by atoms with Gasteiger partial charge in [-0.3, -0.25) is 0 Å². The van der Waals surface area contributed by atoms with E-state index in [4.69, 9.17) is 6.42 Å². The molecule has 0 unspecified atom stereocenters. The second-order valence-electron chi connectivity index (χ2n) is 8.14. The molecule has 1 fully saturated rings. The minimum atomic E-state index is 0.0471. The number of likely N-dealkylation sites (N-methyl/N-ethyl adjacent to an activating group) is 1. The standard InChI is InChI=1S/C23H30N4O/c1-6-19-18-13-21-17(16-10-9-11-20(22(16)18)26(19)5)12-15(14-25(21)4)24-23(28)27(7-2)8-3/h1,9-11,15,17,21H,7-8,12-14H2,2-5H3,(H,24,28)/t15-,17+,21+/m0/s1. The highest BCUT2D eigenvalue weighted by molar-refractivity contribution is 5.91. The van der Waals surface area contributed by atoms with Gasteiger partial charge in [-0.05, 0) is 50.9 Å². The maximum absolute atomic E-state index is 12.6. The smallest absolute Gasteiger partial charge is 0.317 e. The Labute approximate surface area is 167 Å². The van der Waals surface area contributed by atoms with Crippen molar-refractivity contribution in [1.29, 1.82) is 0 Å². The molecule has 0 saturated carbocycles. The molecule has 1 N–H and O–H groups in total. The second kappa shape index (κ2) is 7.18. The van der Waals surface area contributed by atoms with Crippen LogP contribution in [0.1, 0.15) is 43.0 Å². The number of aryl methyl sites for hydroxylation is 1. The molecule has 28 heavy (non-hydrogen) atoms. The summed E-state index contributed by atoms with van der Waals surface area (Å²) in [5.41, 5.74) is 4.92. The van der Waals surface area contributed by atoms with Gasteiger partial charge in [0.25, 0.3) is 0 Å². The van der Waals surface area contributed by atoms with Crippen LogP contribution in [0.3, 0.4) is 0 Å². The van der Waals surface area contributed by atoms with Gasteiger partial charge < -0.3 is 19.7 Å². The largest absolute Gasteiger partial charge is 0.337 e. The van der Waals surface area contributed by atoms with Crippen LogP contribution in [0, 0.1) is 12.3 Å². The summed E-state index contributed by atoms with van der Waals surface area (Å²) in [6.45, 7) is 6.39. The maximum atomic E-state index is 12.6. The van der Waals surface area contributed by atoms with Gasteiger partial charge in [-0.15, -0.1) is 6.42 Å². The third-order valence-corrected chi connectivity index (χ3v) is 6.76. The molecule has 2 amide bonds. The fourth-order valence-corrected chi connectivity index (χ4v) is 5.35. The minimum absolute atomic E-state index is 0.0471. The molecule has 1 aliphatic carbocycles. The van der Waals surface area contributed by atoms with E-state index in [1.807, 2.05) is 18.7 Å². The molecule has 0 bridgehead atoms. The lowest BCUT2D eigenvalue weighted by Crippen LogP contribution is -2.56. The molecule has 1 aliphatic heterocycles. The summed E-state index contributed by atoms with van der Waals surface area (Å²) in [6.07, 6.45) is 7.81. The number of urea groups is 1. The highest BCUT2D eigenvalue weighted by atomic mass is 16.2. The zero-order chi connectivity index (χ0) is 20.0. The van der Waals surface area contributed by atoms with Crippen LogP contribution in [0.2, 0.25) is 0 Å². The Bertz CT molecular complexity index is 950. The Morgan fingerprint density at radius 2 is 2.07 bits per heavy atom. The number of fused-ring (bicyclic) bond motifs is 2. The number of benzene rings is 1. The van der Waals surface area contributed by atoms with Crippen LogP contribution in [0.4, 0.5) is 4.79 Å². The fourth-order valence-electron chi connectivity index (χ4n) is 5.35. The number of rotatable bonds is 3. The zero-order valence-electron chi connectivity index (χ0n) is 17.3. The van der Waals surface area contributed by atoms with E-state index in [0.29, 0.717) is 12.0 Å². The van der Waals surface area contributed by atoms with Crippen LogP contribution in [0.5, 0.6) is 0 Å². The van der Waals surface area contributed by atoms with E-state index in [9.17, 15) is 4.79 Å². The number of piperidine rings is 1. The molecule has 4 rings (SSSR count). The van der Waals surface area contributed by atoms with E-state index in [1.54, 1.807) is 0 Å². The van der Waals surface area contributed by atoms with E-state index in [0.717, 1.165) is 38.2 Å². The van der Waals surface area contributed by atoms with Gasteiger partial charge in [-0.25, -0.2) is 4.79 Å². The van der Waals surface area contributed by atoms with Crippen molar-refractivity contribution in [3.63, 3.8) is 0 Å². The molecule has 3 atom stereocenters. The van der Waals surface area contributed by atoms with Crippen molar-refractivity contribution in [3.05, 3.63) is 35.0 Å². The van der Waals surface area contributed by atoms with E-state index in [2.05, 4.69) is 53.0 Å². The normalized spacial score (nSPS) is 23.9. The fraction of sp³-hybridized carbons (Fsp3) is 0.522. The van der Waals surface area contributed by atoms with Crippen LogP contribution in [0.15, 0.2) is 18.2 Å². The van der Waals surface area contributed by atoms with E-state index in [1.165, 1.54) is 22.0 Å². The summed E-state index contributed by atoms with van der Waals surface area (Å²) >= 11 is 0. The van der Waals surface area contributed by atoms with Gasteiger partial charge in [-0.1, -0.05) is 18.1 Å². The average molecular weight is 379 g/mol. The Morgan fingerprint density at radius 1 is 1.32 bits per heavy atom. The number of nitrogens with zero attached hydrogens (tertiary/aromatic N) is 3. The van der Waals surface area contributed by atoms with Gasteiger partial charge in [-0.2, -0.15) is 0 Å². The summed E-state index contributed by atoms with van der Waals surface area (Å²) < 4.78 is 2.16. The number of hydrogen-bond donors (Lipinski definition) is 1. The van der Waals surface area contributed by atoms with Crippen molar-refractivity contribution in [1.82, 2.24) is 19.7 Å². The molecular weight excluding hydrogens is 348 g/mol. The summed E-state index contributed by atoms with van der Waals surface area (Å²) in [5.74, 6) is 3.33. The van der Waals surface area contributed by atoms with Crippen LogP contribution >= 0.6 is 0 Å². The van der Waals surface area contributed by atoms with Crippen molar-refractivity contribution in [2.75, 3.05) is 26.7 Å². The first-order chi connectivity index (χ1) is 13.5. The first kappa shape index (κ1) is 18.9. The number of carbonyl (C=O) groups excluding carboxylic acids is 1. The first-order valence-corrected chi connectivity index (χ1v) is 10.3. The summed E-state index contributed by atoms with van der Waals surface area (Å²) in [4.78, 5) is 16.8. The number of hydrogen-bond acceptors (Lipinski definition) is 2. The predicted molar refractivity (Wildman–Crippen MR) is 114 cm³/mol. The molecular formula is C23H30N4O. The number of aromatic nitrogens is 1. The van der Waals surface area contributed by atoms with Crippen molar-refractivity contribution in [2.24, 2.45) is 7.05 Å². The van der Waals surface area contributed by atoms with E-state index in [-0.39, 0.29) is 12.1 Å². The molecule has 148 valence electrons. The lowest BCUT2D eigenvalue weighted by molar-refractivity contribution is 0.124. The van der Waals surface area contributed by atoms with Crippen LogP contribution in [0.25, 0.3) is 10.9 Å². The number of amides is 2. The molecule has 2 heterocycles. The van der Waals surface area contributed by atoms with Gasteiger partial charge in [0.1, 0.15) is 0 Å². The summed E-state index contributed by atoms with van der Waals surface area (Å²) in [5, 5.41) is 4.61. The van der Waals surface area contributed by atoms with E-state index >= 15 is 0 Å². The zero-order valence-corrected chi connectivity index (χ0v) is 17.3. The number of likely N-dealkylation sites (tertiary alicyclic amines) is 1. The van der Waals surface area contributed by atoms with Gasteiger partial charge in [0.15, 0.2) is 0 Å². The molecule has 2 aromatic rings. The van der Waals surface area contributed by atoms with Gasteiger partial charge in [0, 0.05) is 55.6 Å². The van der Waals surface area contributed by atoms with Crippen LogP contribution < -0.4 is 5.32 Å². The lowest BCUT2D eigenvalue weighted by atomic mass is 9.73. The molecule has 1 saturated heterocycles. The topological polar surface area (TPSA) is 40.5 Å². The Balaban J connectivity index is 1.69. The highest BCUT2D eigenvalue weighted by Gasteiger charge is 2.41. The predicted octanol–water partition coefficient (Wildman–Crippen LogP) is 2.92. The van der Waals surface area contributed by atoms with Gasteiger partial charge in [0.05, 0.1) is 5.69 Å². The molecule has 2 aliphatic rings. The van der Waals surface area contributed by atoms with E-state index < -0.39 is 0 Å². The summed E-state index contributed by atoms with van der Waals surface area (Å²) in [7, 11) is 4.24. The minimum Gasteiger partial charge on any atom is -0.337 e. The molecule has 0 radical (unpaired) electrons. The Morgan fingerprint density at radius 3 is 2.75 bits per heavy atom. The van der Waals surface area contributed by atoms with Crippen molar-refractivity contribution in [3.8, 4) is 12.3 Å². The SMILES string of the molecule is C#Cc1c2c3c(cccc3n1C)[C@H]1C[C@H](NC(=O)N(CC)CC)CN(C)[C@@H]1C2. The Kier molecular flexibility index (Phi) is 4.84. The third-order valence-electron chi connectivity index (χ3n) is 6.76. The first-order valence-electron chi connectivity index (χ1n) is 10.3. The van der Waals surface area contributed by atoms with Crippen molar-refractivity contribution >= 4 is 16.9 Å². The van der Waals surface area contributed by atoms with Gasteiger partial charge >= 0.3 is 6.03 Å². The molecule has 5 heteroatoms. The number of carbonyl (C=O) groups is 1. The monoisotopic (exact) mass is 378 g/mol. The van der Waals surface area contributed by atoms with Gasteiger partial charge in [0.2, 0.25) is 0 Å². The van der Waals surface area contributed by atoms with Crippen molar-refractivity contribution in [2.45, 2.75) is 44.7 Å². The van der Waals surface area contributed by atoms with Crippen molar-refractivity contribution < 1.29 is 4.79 Å². The summed E-state index contributed by atoms with van der Waals surface area (Å²) in [6, 6.07) is 7.19. The van der Waals surface area contributed by atoms with Crippen LogP contribution in [-0.2, 0) is 13.5 Å². The maximum Gasteiger partial charge on any atom is 0.317 e. The van der Waals surface area contributed by atoms with Crippen LogP contribution in [-0.4, -0.2) is 59.2 Å². The molecule has 5 nitrogen and oxygen atoms in total. The molecule has 1 aromatic heterocycles. The quantitative estimate of drug-likeness (QED) is 0.835. The molecule has 1 aromatic carbocycles. The second-order valence-corrected chi connectivity index (χ2v) is 8.14. The lowest BCUT2D eigenvalue weighted by Gasteiger charge is -2.46. The third kappa shape index (κ3) is 2.79. The Hall–Kier alpha value is -2.45. The number of terminal acetylenes is 1. The number of nitrogens with one attached hydrogen (secondary N) is 1.